The molecule has 0 saturated heterocycles. The summed E-state index contributed by atoms with van der Waals surface area (Å²) >= 11 is 0. The summed E-state index contributed by atoms with van der Waals surface area (Å²) in [4.78, 5) is 0. The SMILES string of the molecule is CC(C)(O)C(C)(C)NCc1cc(F)ccc1F. The summed E-state index contributed by atoms with van der Waals surface area (Å²) in [5.41, 5.74) is -1.31. The van der Waals surface area contributed by atoms with Gasteiger partial charge in [0.25, 0.3) is 0 Å². The second kappa shape index (κ2) is 4.70. The van der Waals surface area contributed by atoms with Crippen LogP contribution < -0.4 is 5.32 Å². The minimum absolute atomic E-state index is 0.167. The molecule has 1 aromatic rings. The maximum absolute atomic E-state index is 13.4. The predicted molar refractivity (Wildman–Crippen MR) is 63.6 cm³/mol. The van der Waals surface area contributed by atoms with E-state index in [2.05, 4.69) is 5.32 Å². The Morgan fingerprint density at radius 1 is 1.18 bits per heavy atom. The van der Waals surface area contributed by atoms with Crippen molar-refractivity contribution in [1.29, 1.82) is 0 Å². The second-order valence-electron chi connectivity index (χ2n) is 5.27. The number of hydrogen-bond donors (Lipinski definition) is 2. The van der Waals surface area contributed by atoms with E-state index in [1.54, 1.807) is 13.8 Å². The predicted octanol–water partition coefficient (Wildman–Crippen LogP) is 2.60. The molecule has 2 nitrogen and oxygen atoms in total. The van der Waals surface area contributed by atoms with E-state index in [1.807, 2.05) is 13.8 Å². The summed E-state index contributed by atoms with van der Waals surface area (Å²) in [6, 6.07) is 3.34. The quantitative estimate of drug-likeness (QED) is 0.852. The topological polar surface area (TPSA) is 32.3 Å². The monoisotopic (exact) mass is 243 g/mol. The molecule has 0 aliphatic carbocycles. The second-order valence-corrected chi connectivity index (χ2v) is 5.27. The van der Waals surface area contributed by atoms with Crippen LogP contribution in [-0.4, -0.2) is 16.2 Å². The molecule has 0 aliphatic rings. The van der Waals surface area contributed by atoms with Gasteiger partial charge in [-0.1, -0.05) is 0 Å². The van der Waals surface area contributed by atoms with Crippen molar-refractivity contribution < 1.29 is 13.9 Å². The van der Waals surface area contributed by atoms with Crippen molar-refractivity contribution in [3.05, 3.63) is 35.4 Å². The standard InChI is InChI=1S/C13H19F2NO/c1-12(2,13(3,4)17)16-8-9-7-10(14)5-6-11(9)15/h5-7,16-17H,8H2,1-4H3. The maximum atomic E-state index is 13.4. The van der Waals surface area contributed by atoms with Crippen LogP contribution in [0.15, 0.2) is 18.2 Å². The van der Waals surface area contributed by atoms with E-state index >= 15 is 0 Å². The van der Waals surface area contributed by atoms with Gasteiger partial charge in [-0.2, -0.15) is 0 Å². The van der Waals surface area contributed by atoms with Crippen LogP contribution in [0.2, 0.25) is 0 Å². The van der Waals surface area contributed by atoms with Crippen molar-refractivity contribution in [3.63, 3.8) is 0 Å². The van der Waals surface area contributed by atoms with Crippen LogP contribution >= 0.6 is 0 Å². The summed E-state index contributed by atoms with van der Waals surface area (Å²) in [5, 5.41) is 12.9. The van der Waals surface area contributed by atoms with Gasteiger partial charge in [0.2, 0.25) is 0 Å². The van der Waals surface area contributed by atoms with Gasteiger partial charge in [0.1, 0.15) is 11.6 Å². The Morgan fingerprint density at radius 2 is 1.76 bits per heavy atom. The zero-order valence-electron chi connectivity index (χ0n) is 10.6. The van der Waals surface area contributed by atoms with E-state index in [1.165, 1.54) is 0 Å². The van der Waals surface area contributed by atoms with Gasteiger partial charge in [-0.3, -0.25) is 0 Å². The van der Waals surface area contributed by atoms with E-state index in [4.69, 9.17) is 0 Å². The summed E-state index contributed by atoms with van der Waals surface area (Å²) in [5.74, 6) is -0.922. The molecule has 1 aromatic carbocycles. The lowest BCUT2D eigenvalue weighted by atomic mass is 9.86. The Morgan fingerprint density at radius 3 is 2.29 bits per heavy atom. The number of rotatable bonds is 4. The van der Waals surface area contributed by atoms with Crippen LogP contribution in [-0.2, 0) is 6.54 Å². The van der Waals surface area contributed by atoms with Gasteiger partial charge in [-0.15, -0.1) is 0 Å². The highest BCUT2D eigenvalue weighted by Crippen LogP contribution is 2.21. The van der Waals surface area contributed by atoms with E-state index < -0.39 is 22.8 Å². The normalized spacial score (nSPS) is 12.9. The minimum Gasteiger partial charge on any atom is -0.389 e. The highest BCUT2D eigenvalue weighted by Gasteiger charge is 2.34. The van der Waals surface area contributed by atoms with E-state index in [9.17, 15) is 13.9 Å². The van der Waals surface area contributed by atoms with Gasteiger partial charge >= 0.3 is 0 Å². The van der Waals surface area contributed by atoms with Gasteiger partial charge in [-0.25, -0.2) is 8.78 Å². The molecule has 0 fully saturated rings. The smallest absolute Gasteiger partial charge is 0.127 e. The lowest BCUT2D eigenvalue weighted by Gasteiger charge is -2.38. The first-order valence-electron chi connectivity index (χ1n) is 5.55. The minimum atomic E-state index is -0.962. The zero-order valence-corrected chi connectivity index (χ0v) is 10.6. The lowest BCUT2D eigenvalue weighted by Crippen LogP contribution is -2.55. The fraction of sp³-hybridized carbons (Fsp3) is 0.538. The van der Waals surface area contributed by atoms with E-state index in [0.717, 1.165) is 18.2 Å². The highest BCUT2D eigenvalue weighted by atomic mass is 19.1. The number of benzene rings is 1. The largest absolute Gasteiger partial charge is 0.389 e. The number of aliphatic hydroxyl groups is 1. The lowest BCUT2D eigenvalue weighted by molar-refractivity contribution is -0.00544. The molecule has 0 atom stereocenters. The Hall–Kier alpha value is -1.00. The highest BCUT2D eigenvalue weighted by molar-refractivity contribution is 5.19. The van der Waals surface area contributed by atoms with E-state index in [-0.39, 0.29) is 12.1 Å². The molecule has 0 spiro atoms. The van der Waals surface area contributed by atoms with Crippen LogP contribution in [0.4, 0.5) is 8.78 Å². The van der Waals surface area contributed by atoms with Crippen molar-refractivity contribution >= 4 is 0 Å². The first-order chi connectivity index (χ1) is 7.63. The molecule has 0 bridgehead atoms. The van der Waals surface area contributed by atoms with Crippen molar-refractivity contribution in [1.82, 2.24) is 5.32 Å². The number of hydrogen-bond acceptors (Lipinski definition) is 2. The fourth-order valence-corrected chi connectivity index (χ4v) is 1.21. The molecule has 4 heteroatoms. The van der Waals surface area contributed by atoms with Crippen molar-refractivity contribution in [2.45, 2.75) is 45.4 Å². The molecule has 0 saturated carbocycles. The third-order valence-electron chi connectivity index (χ3n) is 3.26. The molecule has 0 aliphatic heterocycles. The van der Waals surface area contributed by atoms with E-state index in [0.29, 0.717) is 0 Å². The zero-order chi connectivity index (χ0) is 13.3. The van der Waals surface area contributed by atoms with Crippen LogP contribution in [0.5, 0.6) is 0 Å². The Balaban J connectivity index is 2.77. The molecule has 0 aromatic heterocycles. The summed E-state index contributed by atoms with van der Waals surface area (Å²) in [7, 11) is 0. The first-order valence-corrected chi connectivity index (χ1v) is 5.55. The Labute approximate surface area is 101 Å². The molecule has 1 rings (SSSR count). The molecule has 0 unspecified atom stereocenters. The summed E-state index contributed by atoms with van der Waals surface area (Å²) in [6.45, 7) is 7.12. The molecule has 0 heterocycles. The van der Waals surface area contributed by atoms with Crippen LogP contribution in [0, 0.1) is 11.6 Å². The van der Waals surface area contributed by atoms with Gasteiger partial charge in [0.15, 0.2) is 0 Å². The average Bonchev–Trinajstić information content (AvgIpc) is 2.18. The molecular weight excluding hydrogens is 224 g/mol. The van der Waals surface area contributed by atoms with Crippen molar-refractivity contribution in [3.8, 4) is 0 Å². The van der Waals surface area contributed by atoms with Gasteiger partial charge in [-0.05, 0) is 45.9 Å². The average molecular weight is 243 g/mol. The van der Waals surface area contributed by atoms with Crippen molar-refractivity contribution in [2.75, 3.05) is 0 Å². The maximum Gasteiger partial charge on any atom is 0.127 e. The molecule has 17 heavy (non-hydrogen) atoms. The fourth-order valence-electron chi connectivity index (χ4n) is 1.21. The van der Waals surface area contributed by atoms with Crippen molar-refractivity contribution in [2.24, 2.45) is 0 Å². The van der Waals surface area contributed by atoms with Gasteiger partial charge in [0, 0.05) is 17.6 Å². The van der Waals surface area contributed by atoms with Crippen LogP contribution in [0.1, 0.15) is 33.3 Å². The molecule has 96 valence electrons. The summed E-state index contributed by atoms with van der Waals surface area (Å²) in [6.07, 6.45) is 0. The molecule has 2 N–H and O–H groups in total. The molecule has 0 amide bonds. The molecular formula is C13H19F2NO. The Kier molecular flexibility index (Phi) is 3.89. The number of nitrogens with one attached hydrogen (secondary N) is 1. The van der Waals surface area contributed by atoms with Crippen LogP contribution in [0.3, 0.4) is 0 Å². The third kappa shape index (κ3) is 3.48. The van der Waals surface area contributed by atoms with Gasteiger partial charge < -0.3 is 10.4 Å². The van der Waals surface area contributed by atoms with Crippen LogP contribution in [0.25, 0.3) is 0 Å². The molecule has 0 radical (unpaired) electrons. The third-order valence-corrected chi connectivity index (χ3v) is 3.26. The summed E-state index contributed by atoms with van der Waals surface area (Å²) < 4.78 is 26.3. The number of halogens is 2. The Bertz CT molecular complexity index is 397. The van der Waals surface area contributed by atoms with Gasteiger partial charge in [0.05, 0.1) is 5.60 Å². The first kappa shape index (κ1) is 14.1.